The van der Waals surface area contributed by atoms with Gasteiger partial charge in [-0.2, -0.15) is 0 Å². The van der Waals surface area contributed by atoms with E-state index in [9.17, 15) is 9.90 Å². The molecule has 2 amide bonds. The average Bonchev–Trinajstić information content (AvgIpc) is 2.98. The third-order valence-corrected chi connectivity index (χ3v) is 5.88. The van der Waals surface area contributed by atoms with E-state index in [4.69, 9.17) is 4.74 Å². The highest BCUT2D eigenvalue weighted by molar-refractivity contribution is 7.10. The fraction of sp³-hybridized carbons (Fsp3) is 0.667. The van der Waals surface area contributed by atoms with Crippen molar-refractivity contribution in [3.63, 3.8) is 0 Å². The van der Waals surface area contributed by atoms with Gasteiger partial charge in [0.1, 0.15) is 6.10 Å². The van der Waals surface area contributed by atoms with Crippen LogP contribution in [-0.4, -0.2) is 36.4 Å². The van der Waals surface area contributed by atoms with E-state index in [-0.39, 0.29) is 29.6 Å². The van der Waals surface area contributed by atoms with Crippen LogP contribution < -0.4 is 10.6 Å². The molecule has 5 nitrogen and oxygen atoms in total. The average molecular weight is 312 g/mol. The number of nitrogens with one attached hydrogen (secondary N) is 2. The second kappa shape index (κ2) is 5.94. The van der Waals surface area contributed by atoms with Crippen LogP contribution in [0.15, 0.2) is 17.5 Å². The summed E-state index contributed by atoms with van der Waals surface area (Å²) in [5.74, 6) is 0. The van der Waals surface area contributed by atoms with Crippen molar-refractivity contribution in [3.05, 3.63) is 22.4 Å². The van der Waals surface area contributed by atoms with Crippen LogP contribution in [0.1, 0.15) is 38.2 Å². The zero-order chi connectivity index (χ0) is 15.7. The van der Waals surface area contributed by atoms with Gasteiger partial charge >= 0.3 is 6.03 Å². The third kappa shape index (κ3) is 3.07. The lowest BCUT2D eigenvalue weighted by Crippen LogP contribution is -2.69. The summed E-state index contributed by atoms with van der Waals surface area (Å²) in [6.45, 7) is 6.45. The van der Waals surface area contributed by atoms with Gasteiger partial charge < -0.3 is 20.5 Å². The number of ether oxygens (including phenoxy) is 1. The molecule has 1 aliphatic rings. The molecule has 1 heterocycles. The predicted octanol–water partition coefficient (Wildman–Crippen LogP) is 2.28. The lowest BCUT2D eigenvalue weighted by molar-refractivity contribution is -0.177. The summed E-state index contributed by atoms with van der Waals surface area (Å²) in [6, 6.07) is 3.56. The molecule has 1 fully saturated rings. The zero-order valence-corrected chi connectivity index (χ0v) is 13.8. The van der Waals surface area contributed by atoms with Crippen molar-refractivity contribution in [2.75, 3.05) is 13.7 Å². The van der Waals surface area contributed by atoms with Crippen molar-refractivity contribution < 1.29 is 14.6 Å². The summed E-state index contributed by atoms with van der Waals surface area (Å²) in [6.07, 6.45) is 0.131. The van der Waals surface area contributed by atoms with Crippen molar-refractivity contribution in [3.8, 4) is 0 Å². The molecule has 0 aliphatic heterocycles. The largest absolute Gasteiger partial charge is 0.386 e. The van der Waals surface area contributed by atoms with Crippen LogP contribution >= 0.6 is 11.3 Å². The van der Waals surface area contributed by atoms with Crippen LogP contribution in [0.25, 0.3) is 0 Å². The number of carbonyl (C=O) groups is 1. The molecule has 1 aliphatic carbocycles. The number of thiophene rings is 1. The third-order valence-electron chi connectivity index (χ3n) is 4.91. The van der Waals surface area contributed by atoms with Crippen LogP contribution in [0.2, 0.25) is 0 Å². The van der Waals surface area contributed by atoms with Crippen LogP contribution in [0.4, 0.5) is 4.79 Å². The second-order valence-corrected chi connectivity index (χ2v) is 7.28. The first-order chi connectivity index (χ1) is 9.80. The summed E-state index contributed by atoms with van der Waals surface area (Å²) in [7, 11) is 1.70. The van der Waals surface area contributed by atoms with E-state index >= 15 is 0 Å². The molecule has 3 atom stereocenters. The number of aliphatic hydroxyl groups excluding tert-OH is 1. The molecule has 118 valence electrons. The van der Waals surface area contributed by atoms with Crippen LogP contribution in [0.3, 0.4) is 0 Å². The van der Waals surface area contributed by atoms with Gasteiger partial charge in [0.2, 0.25) is 0 Å². The number of hydrogen-bond donors (Lipinski definition) is 3. The summed E-state index contributed by atoms with van der Waals surface area (Å²) in [5, 5.41) is 17.5. The van der Waals surface area contributed by atoms with Gasteiger partial charge in [0.25, 0.3) is 0 Å². The number of amides is 2. The van der Waals surface area contributed by atoms with Crippen molar-refractivity contribution in [2.45, 2.75) is 44.9 Å². The SMILES string of the molecule is CO[C@]1(C)C[C@@H](NC(=O)NC[C@@H](O)c2cccs2)C1(C)C. The van der Waals surface area contributed by atoms with Gasteiger partial charge in [0, 0.05) is 23.4 Å². The predicted molar refractivity (Wildman–Crippen MR) is 83.4 cm³/mol. The van der Waals surface area contributed by atoms with Crippen molar-refractivity contribution in [2.24, 2.45) is 5.41 Å². The number of hydrogen-bond acceptors (Lipinski definition) is 4. The molecule has 2 rings (SSSR count). The molecule has 0 unspecified atom stereocenters. The highest BCUT2D eigenvalue weighted by Gasteiger charge is 2.58. The smallest absolute Gasteiger partial charge is 0.315 e. The minimum absolute atomic E-state index is 0.0707. The Balaban J connectivity index is 1.79. The molecule has 0 radical (unpaired) electrons. The van der Waals surface area contributed by atoms with Crippen molar-refractivity contribution >= 4 is 17.4 Å². The highest BCUT2D eigenvalue weighted by atomic mass is 32.1. The van der Waals surface area contributed by atoms with E-state index in [1.165, 1.54) is 11.3 Å². The molecule has 6 heteroatoms. The van der Waals surface area contributed by atoms with E-state index in [2.05, 4.69) is 31.4 Å². The monoisotopic (exact) mass is 312 g/mol. The molecule has 1 aromatic heterocycles. The number of rotatable bonds is 5. The molecular weight excluding hydrogens is 288 g/mol. The first-order valence-electron chi connectivity index (χ1n) is 7.11. The van der Waals surface area contributed by atoms with Crippen molar-refractivity contribution in [1.82, 2.24) is 10.6 Å². The molecule has 21 heavy (non-hydrogen) atoms. The summed E-state index contributed by atoms with van der Waals surface area (Å²) >= 11 is 1.48. The van der Waals surface area contributed by atoms with Gasteiger partial charge in [-0.3, -0.25) is 0 Å². The van der Waals surface area contributed by atoms with Gasteiger partial charge in [-0.05, 0) is 24.8 Å². The Bertz CT molecular complexity index is 489. The molecule has 0 spiro atoms. The number of carbonyl (C=O) groups excluding carboxylic acids is 1. The Morgan fingerprint density at radius 3 is 2.81 bits per heavy atom. The van der Waals surface area contributed by atoms with Gasteiger partial charge in [-0.25, -0.2) is 4.79 Å². The summed E-state index contributed by atoms with van der Waals surface area (Å²) in [4.78, 5) is 12.8. The molecule has 1 aromatic rings. The number of aliphatic hydroxyl groups is 1. The van der Waals surface area contributed by atoms with Crippen LogP contribution in [-0.2, 0) is 4.74 Å². The Hall–Kier alpha value is -1.11. The molecule has 3 N–H and O–H groups in total. The van der Waals surface area contributed by atoms with Crippen LogP contribution in [0, 0.1) is 5.41 Å². The Kier molecular flexibility index (Phi) is 4.60. The van der Waals surface area contributed by atoms with Gasteiger partial charge in [0.05, 0.1) is 12.1 Å². The maximum absolute atomic E-state index is 11.9. The lowest BCUT2D eigenvalue weighted by atomic mass is 9.56. The fourth-order valence-electron chi connectivity index (χ4n) is 2.70. The highest BCUT2D eigenvalue weighted by Crippen LogP contribution is 2.51. The second-order valence-electron chi connectivity index (χ2n) is 6.30. The number of urea groups is 1. The maximum Gasteiger partial charge on any atom is 0.315 e. The quantitative estimate of drug-likeness (QED) is 0.781. The first kappa shape index (κ1) is 16.3. The molecule has 1 saturated carbocycles. The van der Waals surface area contributed by atoms with E-state index in [0.29, 0.717) is 0 Å². The molecular formula is C15H24N2O3S. The Morgan fingerprint density at radius 2 is 2.29 bits per heavy atom. The molecule has 0 saturated heterocycles. The standard InChI is InChI=1S/C15H24N2O3S/c1-14(2)12(8-15(14,3)20-4)17-13(19)16-9-10(18)11-6-5-7-21-11/h5-7,10,12,18H,8-9H2,1-4H3,(H2,16,17,19)/t10-,12-,15-/m1/s1. The Labute approximate surface area is 129 Å². The fourth-order valence-corrected chi connectivity index (χ4v) is 3.41. The topological polar surface area (TPSA) is 70.6 Å². The van der Waals surface area contributed by atoms with Crippen molar-refractivity contribution in [1.29, 1.82) is 0 Å². The number of methoxy groups -OCH3 is 1. The zero-order valence-electron chi connectivity index (χ0n) is 13.0. The first-order valence-corrected chi connectivity index (χ1v) is 7.99. The van der Waals surface area contributed by atoms with E-state index < -0.39 is 6.10 Å². The summed E-state index contributed by atoms with van der Waals surface area (Å²) < 4.78 is 5.54. The maximum atomic E-state index is 11.9. The van der Waals surface area contributed by atoms with Crippen LogP contribution in [0.5, 0.6) is 0 Å². The minimum atomic E-state index is -0.658. The minimum Gasteiger partial charge on any atom is -0.386 e. The van der Waals surface area contributed by atoms with Gasteiger partial charge in [-0.15, -0.1) is 11.3 Å². The normalized spacial score (nSPS) is 28.5. The molecule has 0 bridgehead atoms. The Morgan fingerprint density at radius 1 is 1.57 bits per heavy atom. The van der Waals surface area contributed by atoms with Gasteiger partial charge in [0.15, 0.2) is 0 Å². The summed E-state index contributed by atoms with van der Waals surface area (Å²) in [5.41, 5.74) is -0.327. The van der Waals surface area contributed by atoms with E-state index in [1.807, 2.05) is 17.5 Å². The lowest BCUT2D eigenvalue weighted by Gasteiger charge is -2.59. The van der Waals surface area contributed by atoms with Gasteiger partial charge in [-0.1, -0.05) is 19.9 Å². The van der Waals surface area contributed by atoms with E-state index in [0.717, 1.165) is 11.3 Å². The molecule has 0 aromatic carbocycles. The van der Waals surface area contributed by atoms with E-state index in [1.54, 1.807) is 7.11 Å².